The fourth-order valence-electron chi connectivity index (χ4n) is 2.69. The van der Waals surface area contributed by atoms with Crippen LogP contribution in [0.5, 0.6) is 0 Å². The summed E-state index contributed by atoms with van der Waals surface area (Å²) >= 11 is 7.54. The first kappa shape index (κ1) is 15.0. The van der Waals surface area contributed by atoms with E-state index in [2.05, 4.69) is 23.3 Å². The van der Waals surface area contributed by atoms with Crippen molar-refractivity contribution in [3.63, 3.8) is 0 Å². The maximum atomic E-state index is 5.97. The molecule has 0 aromatic carbocycles. The number of aromatic nitrogens is 1. The number of hydrogen-bond donors (Lipinski definition) is 1. The van der Waals surface area contributed by atoms with E-state index in [0.29, 0.717) is 0 Å². The molecular formula is C15H23ClN2S. The predicted octanol–water partition coefficient (Wildman–Crippen LogP) is 4.76. The van der Waals surface area contributed by atoms with E-state index in [-0.39, 0.29) is 0 Å². The molecule has 1 N–H and O–H groups in total. The van der Waals surface area contributed by atoms with Gasteiger partial charge in [-0.2, -0.15) is 0 Å². The van der Waals surface area contributed by atoms with Gasteiger partial charge in [-0.15, -0.1) is 11.3 Å². The quantitative estimate of drug-likeness (QED) is 0.766. The maximum Gasteiger partial charge on any atom is 0.117 e. The molecule has 0 unspecified atom stereocenters. The molecule has 0 bridgehead atoms. The molecule has 0 radical (unpaired) electrons. The zero-order valence-corrected chi connectivity index (χ0v) is 13.2. The van der Waals surface area contributed by atoms with Gasteiger partial charge in [-0.1, -0.05) is 43.4 Å². The van der Waals surface area contributed by atoms with Crippen LogP contribution in [0, 0.1) is 5.92 Å². The highest BCUT2D eigenvalue weighted by atomic mass is 35.5. The Morgan fingerprint density at radius 1 is 1.47 bits per heavy atom. The van der Waals surface area contributed by atoms with Crippen molar-refractivity contribution in [3.05, 3.63) is 21.1 Å². The van der Waals surface area contributed by atoms with E-state index >= 15 is 0 Å². The van der Waals surface area contributed by atoms with Gasteiger partial charge in [0.2, 0.25) is 0 Å². The summed E-state index contributed by atoms with van der Waals surface area (Å²) in [5.74, 6) is 0.737. The van der Waals surface area contributed by atoms with E-state index < -0.39 is 0 Å². The van der Waals surface area contributed by atoms with Crippen molar-refractivity contribution in [1.29, 1.82) is 0 Å². The summed E-state index contributed by atoms with van der Waals surface area (Å²) < 4.78 is 0.774. The molecule has 0 aliphatic heterocycles. The van der Waals surface area contributed by atoms with Crippen LogP contribution >= 0.6 is 22.9 Å². The molecule has 2 rings (SSSR count). The van der Waals surface area contributed by atoms with E-state index in [4.69, 9.17) is 11.6 Å². The van der Waals surface area contributed by atoms with Crippen LogP contribution in [-0.2, 0) is 0 Å². The van der Waals surface area contributed by atoms with Crippen LogP contribution in [0.4, 0.5) is 0 Å². The van der Waals surface area contributed by atoms with Crippen LogP contribution in [0.25, 0.3) is 6.08 Å². The molecule has 1 aromatic heterocycles. The van der Waals surface area contributed by atoms with Crippen molar-refractivity contribution < 1.29 is 0 Å². The molecule has 106 valence electrons. The highest BCUT2D eigenvalue weighted by molar-refractivity contribution is 7.16. The fourth-order valence-corrected chi connectivity index (χ4v) is 3.60. The van der Waals surface area contributed by atoms with Gasteiger partial charge in [-0.25, -0.2) is 4.98 Å². The summed E-state index contributed by atoms with van der Waals surface area (Å²) in [4.78, 5) is 4.36. The molecule has 1 heterocycles. The van der Waals surface area contributed by atoms with Crippen molar-refractivity contribution in [2.45, 2.75) is 45.4 Å². The molecule has 0 saturated heterocycles. The van der Waals surface area contributed by atoms with Crippen molar-refractivity contribution in [2.75, 3.05) is 13.1 Å². The Balaban J connectivity index is 2.05. The monoisotopic (exact) mass is 298 g/mol. The first-order valence-corrected chi connectivity index (χ1v) is 8.51. The van der Waals surface area contributed by atoms with Gasteiger partial charge in [-0.05, 0) is 37.8 Å². The molecule has 0 atom stereocenters. The molecule has 0 spiro atoms. The molecule has 0 amide bonds. The van der Waals surface area contributed by atoms with Crippen molar-refractivity contribution in [2.24, 2.45) is 5.92 Å². The van der Waals surface area contributed by atoms with Gasteiger partial charge in [-0.3, -0.25) is 0 Å². The molecule has 1 saturated carbocycles. The molecule has 1 aliphatic rings. The van der Waals surface area contributed by atoms with Crippen molar-refractivity contribution in [3.8, 4) is 0 Å². The van der Waals surface area contributed by atoms with Crippen LogP contribution in [-0.4, -0.2) is 18.1 Å². The molecule has 2 nitrogen and oxygen atoms in total. The Morgan fingerprint density at radius 3 is 2.89 bits per heavy atom. The molecule has 1 aromatic rings. The molecule has 19 heavy (non-hydrogen) atoms. The third-order valence-electron chi connectivity index (χ3n) is 3.69. The van der Waals surface area contributed by atoms with Crippen LogP contribution in [0.3, 0.4) is 0 Å². The number of thiazole rings is 1. The van der Waals surface area contributed by atoms with Crippen LogP contribution in [0.1, 0.15) is 50.5 Å². The Kier molecular flexibility index (Phi) is 6.35. The highest BCUT2D eigenvalue weighted by Crippen LogP contribution is 2.31. The zero-order chi connectivity index (χ0) is 13.5. The van der Waals surface area contributed by atoms with Gasteiger partial charge >= 0.3 is 0 Å². The Labute approximate surface area is 125 Å². The minimum absolute atomic E-state index is 0.737. The minimum Gasteiger partial charge on any atom is -0.313 e. The van der Waals surface area contributed by atoms with E-state index in [1.54, 1.807) is 17.5 Å². The average molecular weight is 299 g/mol. The lowest BCUT2D eigenvalue weighted by atomic mass is 9.83. The molecular weight excluding hydrogens is 276 g/mol. The highest BCUT2D eigenvalue weighted by Gasteiger charge is 2.18. The Hall–Kier alpha value is -0.380. The molecule has 1 fully saturated rings. The Morgan fingerprint density at radius 2 is 2.26 bits per heavy atom. The van der Waals surface area contributed by atoms with Crippen LogP contribution < -0.4 is 5.32 Å². The lowest BCUT2D eigenvalue weighted by Gasteiger charge is -2.24. The topological polar surface area (TPSA) is 24.9 Å². The fraction of sp³-hybridized carbons (Fsp3) is 0.667. The summed E-state index contributed by atoms with van der Waals surface area (Å²) in [5, 5.41) is 4.58. The Bertz CT molecular complexity index is 408. The largest absolute Gasteiger partial charge is 0.313 e. The van der Waals surface area contributed by atoms with Crippen LogP contribution in [0.15, 0.2) is 11.8 Å². The second kappa shape index (κ2) is 8.03. The summed E-state index contributed by atoms with van der Waals surface area (Å²) in [5.41, 5.74) is 1.51. The lowest BCUT2D eigenvalue weighted by molar-refractivity contribution is 0.396. The van der Waals surface area contributed by atoms with Gasteiger partial charge in [0.25, 0.3) is 0 Å². The second-order valence-corrected chi connectivity index (χ2v) is 6.93. The van der Waals surface area contributed by atoms with E-state index in [1.165, 1.54) is 44.1 Å². The number of hydrogen-bond acceptors (Lipinski definition) is 3. The van der Waals surface area contributed by atoms with Crippen molar-refractivity contribution in [1.82, 2.24) is 10.3 Å². The number of nitrogens with zero attached hydrogens (tertiary/aromatic N) is 1. The minimum atomic E-state index is 0.737. The summed E-state index contributed by atoms with van der Waals surface area (Å²) in [6.07, 6.45) is 12.0. The second-order valence-electron chi connectivity index (χ2n) is 5.23. The van der Waals surface area contributed by atoms with Gasteiger partial charge in [0, 0.05) is 6.54 Å². The summed E-state index contributed by atoms with van der Waals surface area (Å²) in [6, 6.07) is 0. The first-order chi connectivity index (χ1) is 9.29. The normalized spacial score (nSPS) is 17.9. The predicted molar refractivity (Wildman–Crippen MR) is 84.8 cm³/mol. The SMILES string of the molecule is CCCNC/C(=C/c1ncc(Cl)s1)C1CCCCC1. The van der Waals surface area contributed by atoms with Gasteiger partial charge in [0.05, 0.1) is 6.20 Å². The standard InChI is InChI=1S/C15H23ClN2S/c1-2-8-17-10-13(12-6-4-3-5-7-12)9-15-18-11-14(16)19-15/h9,11-12,17H,2-8,10H2,1H3/b13-9-. The van der Waals surface area contributed by atoms with Gasteiger partial charge < -0.3 is 5.32 Å². The molecule has 4 heteroatoms. The summed E-state index contributed by atoms with van der Waals surface area (Å²) in [6.45, 7) is 4.29. The number of halogens is 1. The average Bonchev–Trinajstić information content (AvgIpc) is 2.84. The molecule has 1 aliphatic carbocycles. The summed E-state index contributed by atoms with van der Waals surface area (Å²) in [7, 11) is 0. The maximum absolute atomic E-state index is 5.97. The van der Waals surface area contributed by atoms with Gasteiger partial charge in [0.1, 0.15) is 9.34 Å². The van der Waals surface area contributed by atoms with Crippen LogP contribution in [0.2, 0.25) is 4.34 Å². The van der Waals surface area contributed by atoms with E-state index in [0.717, 1.165) is 28.4 Å². The van der Waals surface area contributed by atoms with Crippen molar-refractivity contribution >= 4 is 29.0 Å². The third kappa shape index (κ3) is 4.90. The number of rotatable bonds is 6. The smallest absolute Gasteiger partial charge is 0.117 e. The third-order valence-corrected chi connectivity index (χ3v) is 4.75. The van der Waals surface area contributed by atoms with Gasteiger partial charge in [0.15, 0.2) is 0 Å². The number of nitrogens with one attached hydrogen (secondary N) is 1. The zero-order valence-electron chi connectivity index (χ0n) is 11.6. The first-order valence-electron chi connectivity index (χ1n) is 7.32. The van der Waals surface area contributed by atoms with E-state index in [1.807, 2.05) is 0 Å². The van der Waals surface area contributed by atoms with E-state index in [9.17, 15) is 0 Å². The lowest BCUT2D eigenvalue weighted by Crippen LogP contribution is -2.22.